The van der Waals surface area contributed by atoms with Crippen molar-refractivity contribution in [1.82, 2.24) is 9.88 Å². The number of ether oxygens (including phenoxy) is 3. The molecule has 33 heteroatoms. The van der Waals surface area contributed by atoms with E-state index in [0.717, 1.165) is 197 Å². The Morgan fingerprint density at radius 2 is 0.698 bits per heavy atom. The minimum Gasteiger partial charge on any atom is -0.870 e. The zero-order valence-corrected chi connectivity index (χ0v) is 92.9. The summed E-state index contributed by atoms with van der Waals surface area (Å²) in [5.41, 5.74) is 24.7. The van der Waals surface area contributed by atoms with E-state index in [0.29, 0.717) is 92.4 Å². The number of esters is 3. The van der Waals surface area contributed by atoms with Crippen LogP contribution in [0.4, 0.5) is 38.9 Å². The number of ketones is 1. The monoisotopic (exact) mass is 2170 g/mol. The van der Waals surface area contributed by atoms with Gasteiger partial charge in [-0.2, -0.15) is 0 Å². The van der Waals surface area contributed by atoms with E-state index in [1.165, 1.54) is 57.8 Å². The molecule has 0 saturated carbocycles. The van der Waals surface area contributed by atoms with Gasteiger partial charge in [0.25, 0.3) is 0 Å². The Morgan fingerprint density at radius 1 is 0.396 bits per heavy atom. The van der Waals surface area contributed by atoms with Crippen molar-refractivity contribution < 1.29 is 107 Å². The predicted molar refractivity (Wildman–Crippen MR) is 604 cm³/mol. The molecule has 0 unspecified atom stereocenters. The number of aryl methyl sites for hydroxylation is 5. The Kier molecular flexibility index (Phi) is 69.1. The zero-order chi connectivity index (χ0) is 107. The summed E-state index contributed by atoms with van der Waals surface area (Å²) in [7, 11) is 4.21. The van der Waals surface area contributed by atoms with Gasteiger partial charge in [-0.1, -0.05) is 213 Å². The molecular formula is C116H157Cl6LiN8O18. The van der Waals surface area contributed by atoms with Crippen molar-refractivity contribution in [1.29, 1.82) is 0 Å². The number of pyridine rings is 1. The number of nitrogens with two attached hydrogens (primary N) is 1. The number of benzene rings is 8. The molecule has 0 saturated heterocycles. The third-order valence-corrected chi connectivity index (χ3v) is 24.1. The Hall–Kier alpha value is -10.6. The average molecular weight is 2170 g/mol. The maximum atomic E-state index is 12.5. The molecule has 0 fully saturated rings. The fraction of sp³-hybridized carbons (Fsp3) is 0.457. The SMILES string of the molecule is C.C.CC(C)CC(=O)Cl.CC(C)CC(=O)N1CCCc2cc(CC(=O)Cc3ccc(Cl)cc3)ccc21.CC(C)CC(=O)N1CCCc2cc(CC(=O)Cl)ccc21.CC(C)CC(=O)N1CCCc2cc(CC(=O)O)ccc21.CCN(CC)CC.COC(=O)Cc1ccc2c(c1)CCCN2.COC(=O)Cc1ccc2c(c1)CCCN2C(=O)CC(C)C.COC(=O)Cc1ccc2ncccc2c1.Nc1ccc(Cl)cc1.O.O=C(Cl)Cl.[Li+].[OH-]. The van der Waals surface area contributed by atoms with Gasteiger partial charge >= 0.3 is 47.4 Å². The van der Waals surface area contributed by atoms with Gasteiger partial charge in [0, 0.05) is 140 Å². The van der Waals surface area contributed by atoms with Crippen molar-refractivity contribution in [3.05, 3.63) is 253 Å². The van der Waals surface area contributed by atoms with Gasteiger partial charge in [0.2, 0.25) is 34.1 Å². The molecule has 7 N–H and O–H groups in total. The Morgan fingerprint density at radius 3 is 1.01 bits per heavy atom. The van der Waals surface area contributed by atoms with E-state index in [1.54, 1.807) is 30.5 Å². The molecule has 1 aromatic heterocycles. The summed E-state index contributed by atoms with van der Waals surface area (Å²) >= 11 is 30.7. The van der Waals surface area contributed by atoms with E-state index < -0.39 is 10.7 Å². The summed E-state index contributed by atoms with van der Waals surface area (Å²) < 4.78 is 13.1. The molecule has 0 bridgehead atoms. The minimum atomic E-state index is -0.889. The van der Waals surface area contributed by atoms with Gasteiger partial charge in [0.15, 0.2) is 0 Å². The number of fused-ring (bicyclic) bond motifs is 6. The van der Waals surface area contributed by atoms with Crippen LogP contribution in [0.5, 0.6) is 0 Å². The number of carboxylic acids is 1. The second kappa shape index (κ2) is 74.4. The number of rotatable bonds is 27. The molecule has 812 valence electrons. The molecular weight excluding hydrogens is 2010 g/mol. The second-order valence-electron chi connectivity index (χ2n) is 37.6. The first-order valence-electron chi connectivity index (χ1n) is 49.5. The molecule has 4 amide bonds. The number of hydrogen-bond acceptors (Lipinski definition) is 20. The topological polar surface area (TPSA) is 381 Å². The number of nitrogens with zero attached hydrogens (tertiary/aromatic N) is 6. The molecule has 0 spiro atoms. The summed E-state index contributed by atoms with van der Waals surface area (Å²) in [6.45, 7) is 34.6. The number of hydrogen-bond donors (Lipinski definition) is 3. The van der Waals surface area contributed by atoms with E-state index >= 15 is 0 Å². The number of carbonyl (C=O) groups excluding carboxylic acids is 11. The van der Waals surface area contributed by atoms with E-state index in [2.05, 4.69) is 122 Å². The number of carbonyl (C=O) groups is 12. The van der Waals surface area contributed by atoms with E-state index in [-0.39, 0.29) is 122 Å². The van der Waals surface area contributed by atoms with Crippen LogP contribution in [0.25, 0.3) is 10.9 Å². The zero-order valence-electron chi connectivity index (χ0n) is 88.4. The normalized spacial score (nSPS) is 12.3. The Labute approximate surface area is 925 Å². The van der Waals surface area contributed by atoms with Crippen molar-refractivity contribution >= 4 is 183 Å². The van der Waals surface area contributed by atoms with Crippen molar-refractivity contribution in [2.24, 2.45) is 29.6 Å². The van der Waals surface area contributed by atoms with Gasteiger partial charge in [-0.15, -0.1) is 0 Å². The molecule has 0 radical (unpaired) electrons. The van der Waals surface area contributed by atoms with Crippen LogP contribution in [0.3, 0.4) is 0 Å². The minimum absolute atomic E-state index is 0. The Bertz CT molecular complexity index is 5540. The molecule has 0 aliphatic carbocycles. The molecule has 9 aromatic rings. The third-order valence-electron chi connectivity index (χ3n) is 23.3. The van der Waals surface area contributed by atoms with Crippen LogP contribution in [-0.4, -0.2) is 168 Å². The molecule has 14 rings (SSSR count). The number of anilines is 6. The van der Waals surface area contributed by atoms with Crippen LogP contribution in [0.15, 0.2) is 176 Å². The standard InChI is InChI=1S/C23H26ClNO2.C17H23NO3.C16H20ClNO2.C16H21NO3.C12H15NO2.C12H11NO2.C6H6ClN.C6H15N.C5H9ClO.CCl2O.2CH4.Li.2H2O/c1-16(2)12-23(27)25-11-3-4-19-13-18(7-10-22(19)25)15-21(26)14-17-5-8-20(24)9-6-17;1-12(2)9-16(19)18-8-4-5-14-10-13(6-7-15(14)18)11-17(20)21-3;1-11(2)8-16(20)18-7-3-4-13-9-12(10-15(17)19)5-6-14(13)18;1-11(2)8-15(18)17-7-3-4-13-9-12(10-16(19)20)5-6-14(13)17;2*1-15-12(14)8-9-4-5-11-10(7-9)3-2-6-13-11;7-5-1-3-6(8)4-2-5;1-4-7(5-2)6-3;1-4(2)3-5(6)7;2-1(3)4;;;;;/h5-10,13,16H,3-4,11-12,14-15H2,1-2H3;6-7,10,12H,4-5,8-9,11H2,1-3H3;5-6,9,11H,3-4,7-8,10H2,1-2H3;5-6,9,11H,3-4,7-8,10H2,1-2H3,(H,19,20);4-5,7,13H,2-3,6,8H2,1H3;2-7H,8H2,1H3;1-4H,8H2;4-6H2,1-3H3;4H,3H2,1-2H3;;2*1H4;;2*1H2/q;;;;;;;;;;;;+1;;/p-1. The van der Waals surface area contributed by atoms with Crippen LogP contribution in [0.1, 0.15) is 236 Å². The number of carboxylic acid groups (broad SMARTS) is 1. The van der Waals surface area contributed by atoms with E-state index in [1.807, 2.05) is 181 Å². The van der Waals surface area contributed by atoms with Gasteiger partial charge < -0.3 is 65.8 Å². The van der Waals surface area contributed by atoms with Gasteiger partial charge in [-0.3, -0.25) is 62.5 Å². The fourth-order valence-electron chi connectivity index (χ4n) is 16.4. The molecule has 26 nitrogen and oxygen atoms in total. The number of nitrogen functional groups attached to an aromatic ring is 1. The van der Waals surface area contributed by atoms with Crippen LogP contribution < -0.4 is 49.5 Å². The Balaban J connectivity index is 0.00000168. The van der Waals surface area contributed by atoms with Crippen LogP contribution in [0.2, 0.25) is 10.0 Å². The summed E-state index contributed by atoms with van der Waals surface area (Å²) in [4.78, 5) is 150. The third kappa shape index (κ3) is 53.3. The summed E-state index contributed by atoms with van der Waals surface area (Å²) in [6.07, 6.45) is 16.4. The quantitative estimate of drug-likeness (QED) is 0.0141. The maximum Gasteiger partial charge on any atom is 1.00 e. The summed E-state index contributed by atoms with van der Waals surface area (Å²) in [5.74, 6) is 1.25. The second-order valence-corrected chi connectivity index (χ2v) is 40.2. The van der Waals surface area contributed by atoms with E-state index in [9.17, 15) is 52.7 Å². The molecule has 8 aromatic carbocycles. The number of nitrogens with one attached hydrogen (secondary N) is 1. The molecule has 5 aliphatic heterocycles. The number of Topliss-reactive ketones (excluding diaryl/α,β-unsaturated/α-hetero) is 1. The van der Waals surface area contributed by atoms with Gasteiger partial charge in [0.05, 0.1) is 52.5 Å². The van der Waals surface area contributed by atoms with Crippen molar-refractivity contribution in [2.45, 2.75) is 246 Å². The van der Waals surface area contributed by atoms with Crippen LogP contribution in [-0.2, 0) is 144 Å². The largest absolute Gasteiger partial charge is 1.00 e. The summed E-state index contributed by atoms with van der Waals surface area (Å²) in [5, 5.41) is 14.0. The number of methoxy groups -OCH3 is 3. The molecule has 6 heterocycles. The van der Waals surface area contributed by atoms with Crippen LogP contribution >= 0.6 is 69.6 Å². The molecule has 5 aliphatic rings. The van der Waals surface area contributed by atoms with Gasteiger partial charge in [0.1, 0.15) is 5.78 Å². The van der Waals surface area contributed by atoms with Gasteiger partial charge in [-0.05, 0) is 312 Å². The average Bonchev–Trinajstić information content (AvgIpc) is 0.812. The van der Waals surface area contributed by atoms with Crippen molar-refractivity contribution in [3.8, 4) is 0 Å². The fourth-order valence-corrected chi connectivity index (χ4v) is 17.1. The first kappa shape index (κ1) is 138. The van der Waals surface area contributed by atoms with Crippen molar-refractivity contribution in [3.63, 3.8) is 0 Å². The number of amides is 4. The van der Waals surface area contributed by atoms with Crippen LogP contribution in [0, 0.1) is 29.6 Å². The number of halogens is 6. The predicted octanol–water partition coefficient (Wildman–Crippen LogP) is 21.3. The van der Waals surface area contributed by atoms with Gasteiger partial charge in [-0.25, -0.2) is 0 Å². The first-order valence-corrected chi connectivity index (χ1v) is 51.7. The number of aromatic nitrogens is 1. The van der Waals surface area contributed by atoms with E-state index in [4.69, 9.17) is 66.8 Å². The smallest absolute Gasteiger partial charge is 0.870 e. The maximum absolute atomic E-state index is 12.5. The molecule has 0 atom stereocenters. The number of aliphatic carboxylic acids is 1. The van der Waals surface area contributed by atoms with Crippen molar-refractivity contribution in [2.75, 3.05) is 104 Å². The summed E-state index contributed by atoms with van der Waals surface area (Å²) in [6, 6.07) is 53.7. The first-order chi connectivity index (χ1) is 68.4. The molecule has 149 heavy (non-hydrogen) atoms.